The number of aromatic nitrogens is 4. The summed E-state index contributed by atoms with van der Waals surface area (Å²) in [5.74, 6) is -1.81. The number of nitrogen functional groups attached to an aromatic ring is 1. The summed E-state index contributed by atoms with van der Waals surface area (Å²) >= 11 is 0. The Morgan fingerprint density at radius 2 is 1.57 bits per heavy atom. The van der Waals surface area contributed by atoms with E-state index in [0.29, 0.717) is 61.0 Å². The zero-order chi connectivity index (χ0) is 39.1. The number of benzene rings is 1. The first kappa shape index (κ1) is 43.9. The van der Waals surface area contributed by atoms with Gasteiger partial charge in [-0.2, -0.15) is 4.98 Å². The highest BCUT2D eigenvalue weighted by molar-refractivity contribution is 5.97. The van der Waals surface area contributed by atoms with Crippen LogP contribution >= 0.6 is 0 Å². The molecule has 0 bridgehead atoms. The standard InChI is InChI=1S/C39H61N9O6/c1-5-7-8-11-20-48(22-24-54-26-25-53-23-6-2)21-12-9-10-19-41-34(49)18-17-33(38(51)52)45-37(50)30-13-15-32(16-14-30)47(4)28-31-27-42-36-35(44-31)29(3)43-39(40)46-36/h13-16,27,33H,5-12,17-26,28H2,1-4H3,(H,41,49)(H,45,50)(H,51,52)(H2,40,42,43,46)/t33-/m0/s1. The van der Waals surface area contributed by atoms with Crippen molar-refractivity contribution in [3.63, 3.8) is 0 Å². The molecule has 2 amide bonds. The Labute approximate surface area is 319 Å². The van der Waals surface area contributed by atoms with Gasteiger partial charge in [0.2, 0.25) is 11.9 Å². The van der Waals surface area contributed by atoms with Crippen LogP contribution in [0, 0.1) is 6.92 Å². The number of unbranched alkanes of at least 4 members (excludes halogenated alkanes) is 5. The van der Waals surface area contributed by atoms with Crippen molar-refractivity contribution in [3.05, 3.63) is 47.4 Å². The smallest absolute Gasteiger partial charge is 0.326 e. The zero-order valence-electron chi connectivity index (χ0n) is 32.6. The number of nitrogens with one attached hydrogen (secondary N) is 2. The van der Waals surface area contributed by atoms with E-state index in [1.54, 1.807) is 37.4 Å². The van der Waals surface area contributed by atoms with Crippen LogP contribution in [0.1, 0.15) is 99.8 Å². The van der Waals surface area contributed by atoms with Crippen LogP contribution in [0.4, 0.5) is 11.6 Å². The van der Waals surface area contributed by atoms with Gasteiger partial charge in [0.25, 0.3) is 5.91 Å². The van der Waals surface area contributed by atoms with E-state index < -0.39 is 17.9 Å². The first-order valence-corrected chi connectivity index (χ1v) is 19.4. The van der Waals surface area contributed by atoms with Crippen molar-refractivity contribution in [2.24, 2.45) is 0 Å². The Balaban J connectivity index is 1.36. The molecule has 0 saturated heterocycles. The number of nitrogens with zero attached hydrogens (tertiary/aromatic N) is 6. The fraction of sp³-hybridized carbons (Fsp3) is 0.615. The molecule has 2 aromatic heterocycles. The van der Waals surface area contributed by atoms with Crippen LogP contribution in [0.25, 0.3) is 11.2 Å². The molecule has 3 aromatic rings. The van der Waals surface area contributed by atoms with Gasteiger partial charge in [-0.25, -0.2) is 19.7 Å². The summed E-state index contributed by atoms with van der Waals surface area (Å²) in [5.41, 5.74) is 9.20. The van der Waals surface area contributed by atoms with Gasteiger partial charge in [0.1, 0.15) is 11.6 Å². The number of amides is 2. The van der Waals surface area contributed by atoms with E-state index >= 15 is 0 Å². The van der Waals surface area contributed by atoms with E-state index in [9.17, 15) is 19.5 Å². The number of hydrogen-bond donors (Lipinski definition) is 4. The van der Waals surface area contributed by atoms with Crippen molar-refractivity contribution in [1.29, 1.82) is 0 Å². The van der Waals surface area contributed by atoms with Crippen molar-refractivity contribution >= 4 is 40.6 Å². The largest absolute Gasteiger partial charge is 0.480 e. The highest BCUT2D eigenvalue weighted by Crippen LogP contribution is 2.18. The molecule has 298 valence electrons. The molecule has 0 aliphatic heterocycles. The molecule has 2 heterocycles. The van der Waals surface area contributed by atoms with Gasteiger partial charge < -0.3 is 40.7 Å². The van der Waals surface area contributed by atoms with Crippen LogP contribution in [0.2, 0.25) is 0 Å². The van der Waals surface area contributed by atoms with Crippen LogP contribution in [0.15, 0.2) is 30.5 Å². The minimum absolute atomic E-state index is 0.00724. The van der Waals surface area contributed by atoms with Crippen LogP contribution in [-0.2, 0) is 25.6 Å². The van der Waals surface area contributed by atoms with E-state index in [1.165, 1.54) is 25.7 Å². The minimum Gasteiger partial charge on any atom is -0.480 e. The van der Waals surface area contributed by atoms with E-state index in [1.807, 2.05) is 11.9 Å². The number of fused-ring (bicyclic) bond motifs is 1. The lowest BCUT2D eigenvalue weighted by atomic mass is 10.1. The third-order valence-electron chi connectivity index (χ3n) is 8.95. The summed E-state index contributed by atoms with van der Waals surface area (Å²) in [4.78, 5) is 59.1. The molecular weight excluding hydrogens is 690 g/mol. The Morgan fingerprint density at radius 3 is 2.26 bits per heavy atom. The first-order chi connectivity index (χ1) is 26.1. The number of carbonyl (C=O) groups is 3. The molecule has 3 rings (SSSR count). The van der Waals surface area contributed by atoms with Gasteiger partial charge >= 0.3 is 5.97 Å². The van der Waals surface area contributed by atoms with E-state index in [2.05, 4.69) is 49.3 Å². The Kier molecular flexibility index (Phi) is 20.2. The molecule has 1 atom stereocenters. The van der Waals surface area contributed by atoms with E-state index in [-0.39, 0.29) is 24.7 Å². The van der Waals surface area contributed by atoms with Crippen molar-refractivity contribution in [1.82, 2.24) is 35.5 Å². The minimum atomic E-state index is -1.20. The highest BCUT2D eigenvalue weighted by atomic mass is 16.5. The van der Waals surface area contributed by atoms with E-state index in [4.69, 9.17) is 15.2 Å². The summed E-state index contributed by atoms with van der Waals surface area (Å²) in [7, 11) is 1.88. The number of rotatable bonds is 28. The molecule has 0 spiro atoms. The van der Waals surface area contributed by atoms with Gasteiger partial charge in [-0.3, -0.25) is 9.59 Å². The Hall–Kier alpha value is -4.47. The van der Waals surface area contributed by atoms with E-state index in [0.717, 1.165) is 57.6 Å². The number of aryl methyl sites for hydroxylation is 1. The number of nitrogens with two attached hydrogens (primary N) is 1. The quantitative estimate of drug-likeness (QED) is 0.0757. The van der Waals surface area contributed by atoms with Crippen molar-refractivity contribution in [2.45, 2.75) is 97.6 Å². The van der Waals surface area contributed by atoms with Crippen molar-refractivity contribution in [2.75, 3.05) is 70.3 Å². The average molecular weight is 752 g/mol. The highest BCUT2D eigenvalue weighted by Gasteiger charge is 2.22. The number of ether oxygens (including phenoxy) is 2. The molecule has 15 heteroatoms. The van der Waals surface area contributed by atoms with Gasteiger partial charge in [0.05, 0.1) is 44.0 Å². The second-order valence-electron chi connectivity index (χ2n) is 13.5. The summed E-state index contributed by atoms with van der Waals surface area (Å²) in [6.45, 7) is 12.7. The molecule has 0 saturated carbocycles. The lowest BCUT2D eigenvalue weighted by Crippen LogP contribution is -2.41. The number of anilines is 2. The normalized spacial score (nSPS) is 11.9. The van der Waals surface area contributed by atoms with Crippen LogP contribution < -0.4 is 21.3 Å². The molecule has 15 nitrogen and oxygen atoms in total. The van der Waals surface area contributed by atoms with Crippen LogP contribution in [0.5, 0.6) is 0 Å². The van der Waals surface area contributed by atoms with Gasteiger partial charge in [-0.15, -0.1) is 0 Å². The number of carboxylic acids is 1. The third kappa shape index (κ3) is 16.3. The molecule has 54 heavy (non-hydrogen) atoms. The second kappa shape index (κ2) is 24.8. The molecule has 0 unspecified atom stereocenters. The maximum absolute atomic E-state index is 12.9. The second-order valence-corrected chi connectivity index (χ2v) is 13.5. The van der Waals surface area contributed by atoms with Gasteiger partial charge in [-0.1, -0.05) is 39.5 Å². The topological polar surface area (TPSA) is 198 Å². The molecule has 5 N–H and O–H groups in total. The predicted molar refractivity (Wildman–Crippen MR) is 210 cm³/mol. The van der Waals surface area contributed by atoms with Crippen LogP contribution in [-0.4, -0.2) is 113 Å². The monoisotopic (exact) mass is 751 g/mol. The SMILES string of the molecule is CCCCCCN(CCCCCNC(=O)CC[C@H](NC(=O)c1ccc(N(C)Cc2cnc3nc(N)nc(C)c3n2)cc1)C(=O)O)CCOCCOCCC. The Morgan fingerprint density at radius 1 is 0.870 bits per heavy atom. The van der Waals surface area contributed by atoms with Crippen molar-refractivity contribution < 1.29 is 29.0 Å². The Bertz CT molecular complexity index is 1580. The van der Waals surface area contributed by atoms with Gasteiger partial charge in [0.15, 0.2) is 5.65 Å². The maximum atomic E-state index is 12.9. The van der Waals surface area contributed by atoms with Crippen LogP contribution in [0.3, 0.4) is 0 Å². The fourth-order valence-corrected chi connectivity index (χ4v) is 5.87. The molecule has 0 aliphatic rings. The number of aliphatic carboxylic acids is 1. The molecule has 0 radical (unpaired) electrons. The lowest BCUT2D eigenvalue weighted by Gasteiger charge is -2.22. The number of carbonyl (C=O) groups excluding carboxylic acids is 2. The molecule has 0 fully saturated rings. The first-order valence-electron chi connectivity index (χ1n) is 19.4. The summed E-state index contributed by atoms with van der Waals surface area (Å²) in [5, 5.41) is 15.2. The maximum Gasteiger partial charge on any atom is 0.326 e. The average Bonchev–Trinajstić information content (AvgIpc) is 3.15. The predicted octanol–water partition coefficient (Wildman–Crippen LogP) is 4.52. The fourth-order valence-electron chi connectivity index (χ4n) is 5.87. The lowest BCUT2D eigenvalue weighted by molar-refractivity contribution is -0.139. The number of hydrogen-bond acceptors (Lipinski definition) is 12. The summed E-state index contributed by atoms with van der Waals surface area (Å²) in [6.07, 6.45) is 10.4. The molecular formula is C39H61N9O6. The molecule has 0 aliphatic carbocycles. The van der Waals surface area contributed by atoms with Crippen molar-refractivity contribution in [3.8, 4) is 0 Å². The summed E-state index contributed by atoms with van der Waals surface area (Å²) in [6, 6.07) is 5.60. The van der Waals surface area contributed by atoms with Gasteiger partial charge in [0, 0.05) is 44.4 Å². The summed E-state index contributed by atoms with van der Waals surface area (Å²) < 4.78 is 11.3. The number of carboxylic acid groups (broad SMARTS) is 1. The molecule has 1 aromatic carbocycles. The zero-order valence-corrected chi connectivity index (χ0v) is 32.6. The third-order valence-corrected chi connectivity index (χ3v) is 8.95. The van der Waals surface area contributed by atoms with Gasteiger partial charge in [-0.05, 0) is 76.4 Å².